The molecule has 0 saturated heterocycles. The van der Waals surface area contributed by atoms with Crippen LogP contribution in [0.4, 0.5) is 0 Å². The Bertz CT molecular complexity index is 527. The predicted octanol–water partition coefficient (Wildman–Crippen LogP) is 1.58. The van der Waals surface area contributed by atoms with Crippen molar-refractivity contribution in [3.05, 3.63) is 24.9 Å². The van der Waals surface area contributed by atoms with Crippen LogP contribution in [0.3, 0.4) is 0 Å². The highest BCUT2D eigenvalue weighted by molar-refractivity contribution is 5.56. The lowest BCUT2D eigenvalue weighted by molar-refractivity contribution is 0.390. The highest BCUT2D eigenvalue weighted by atomic mass is 15.2. The summed E-state index contributed by atoms with van der Waals surface area (Å²) in [5.74, 6) is 0.578. The summed E-state index contributed by atoms with van der Waals surface area (Å²) < 4.78 is 4.10. The molecule has 0 amide bonds. The highest BCUT2D eigenvalue weighted by Gasteiger charge is 2.29. The van der Waals surface area contributed by atoms with Gasteiger partial charge in [-0.2, -0.15) is 5.10 Å². The molecule has 96 valence electrons. The Morgan fingerprint density at radius 3 is 3.00 bits per heavy atom. The topological polar surface area (TPSA) is 61.7 Å². The minimum atomic E-state index is 0.493. The lowest BCUT2D eigenvalue weighted by atomic mass is 10.0. The SMILES string of the molecule is Cn1cc(-c2cncn2C2CCCC2CN)cn1. The van der Waals surface area contributed by atoms with Gasteiger partial charge in [0.05, 0.1) is 24.4 Å². The molecular weight excluding hydrogens is 226 g/mol. The molecule has 0 radical (unpaired) electrons. The van der Waals surface area contributed by atoms with E-state index in [0.29, 0.717) is 12.0 Å². The van der Waals surface area contributed by atoms with E-state index in [1.54, 1.807) is 0 Å². The van der Waals surface area contributed by atoms with Gasteiger partial charge in [0, 0.05) is 24.8 Å². The summed E-state index contributed by atoms with van der Waals surface area (Å²) in [7, 11) is 1.93. The summed E-state index contributed by atoms with van der Waals surface area (Å²) in [4.78, 5) is 4.31. The second kappa shape index (κ2) is 4.57. The van der Waals surface area contributed by atoms with E-state index >= 15 is 0 Å². The molecule has 2 heterocycles. The summed E-state index contributed by atoms with van der Waals surface area (Å²) in [6.45, 7) is 0.759. The molecule has 5 nitrogen and oxygen atoms in total. The van der Waals surface area contributed by atoms with Crippen LogP contribution in [0, 0.1) is 5.92 Å². The van der Waals surface area contributed by atoms with E-state index in [-0.39, 0.29) is 0 Å². The fourth-order valence-electron chi connectivity index (χ4n) is 3.00. The van der Waals surface area contributed by atoms with Crippen molar-refractivity contribution in [2.24, 2.45) is 18.7 Å². The number of aryl methyl sites for hydroxylation is 1. The van der Waals surface area contributed by atoms with E-state index in [9.17, 15) is 0 Å². The first-order valence-electron chi connectivity index (χ1n) is 6.50. The van der Waals surface area contributed by atoms with Gasteiger partial charge in [-0.25, -0.2) is 4.98 Å². The van der Waals surface area contributed by atoms with Crippen molar-refractivity contribution < 1.29 is 0 Å². The average molecular weight is 245 g/mol. The van der Waals surface area contributed by atoms with Gasteiger partial charge in [-0.1, -0.05) is 6.42 Å². The highest BCUT2D eigenvalue weighted by Crippen LogP contribution is 2.37. The van der Waals surface area contributed by atoms with Gasteiger partial charge in [0.1, 0.15) is 0 Å². The zero-order valence-corrected chi connectivity index (χ0v) is 10.7. The Hall–Kier alpha value is -1.62. The molecule has 2 atom stereocenters. The number of hydrogen-bond acceptors (Lipinski definition) is 3. The van der Waals surface area contributed by atoms with Crippen LogP contribution in [0.25, 0.3) is 11.3 Å². The normalized spacial score (nSPS) is 23.7. The van der Waals surface area contributed by atoms with Gasteiger partial charge in [0.2, 0.25) is 0 Å². The van der Waals surface area contributed by atoms with Crippen LogP contribution in [-0.2, 0) is 7.05 Å². The molecule has 2 unspecified atom stereocenters. The minimum absolute atomic E-state index is 0.493. The van der Waals surface area contributed by atoms with Gasteiger partial charge >= 0.3 is 0 Å². The molecule has 2 N–H and O–H groups in total. The Labute approximate surface area is 107 Å². The van der Waals surface area contributed by atoms with Gasteiger partial charge < -0.3 is 10.3 Å². The quantitative estimate of drug-likeness (QED) is 0.893. The van der Waals surface area contributed by atoms with Crippen molar-refractivity contribution in [2.45, 2.75) is 25.3 Å². The van der Waals surface area contributed by atoms with Crippen molar-refractivity contribution in [2.75, 3.05) is 6.54 Å². The van der Waals surface area contributed by atoms with Gasteiger partial charge in [-0.05, 0) is 25.3 Å². The molecule has 2 aromatic rings. The first kappa shape index (κ1) is 11.5. The third-order valence-electron chi connectivity index (χ3n) is 3.95. The standard InChI is InChI=1S/C13H19N5/c1-17-8-11(6-16-17)13-7-15-9-18(13)12-4-2-3-10(12)5-14/h6-10,12H,2-5,14H2,1H3. The van der Waals surface area contributed by atoms with Crippen molar-refractivity contribution >= 4 is 0 Å². The lowest BCUT2D eigenvalue weighted by Gasteiger charge is -2.21. The largest absolute Gasteiger partial charge is 0.330 e. The molecule has 0 aromatic carbocycles. The number of aromatic nitrogens is 4. The molecule has 1 fully saturated rings. The van der Waals surface area contributed by atoms with Crippen LogP contribution in [-0.4, -0.2) is 25.9 Å². The first-order valence-corrected chi connectivity index (χ1v) is 6.50. The summed E-state index contributed by atoms with van der Waals surface area (Å²) in [6, 6.07) is 0.493. The molecule has 18 heavy (non-hydrogen) atoms. The smallest absolute Gasteiger partial charge is 0.0953 e. The molecule has 5 heteroatoms. The maximum absolute atomic E-state index is 5.87. The third kappa shape index (κ3) is 1.84. The Morgan fingerprint density at radius 1 is 1.39 bits per heavy atom. The molecule has 0 bridgehead atoms. The summed E-state index contributed by atoms with van der Waals surface area (Å²) in [6.07, 6.45) is 11.5. The van der Waals surface area contributed by atoms with Gasteiger partial charge in [-0.3, -0.25) is 4.68 Å². The Kier molecular flexibility index (Phi) is 2.91. The maximum atomic E-state index is 5.87. The van der Waals surface area contributed by atoms with Crippen LogP contribution >= 0.6 is 0 Å². The molecule has 0 aliphatic heterocycles. The summed E-state index contributed by atoms with van der Waals surface area (Å²) in [5.41, 5.74) is 8.14. The Morgan fingerprint density at radius 2 is 2.28 bits per heavy atom. The summed E-state index contributed by atoms with van der Waals surface area (Å²) >= 11 is 0. The van der Waals surface area contributed by atoms with Crippen molar-refractivity contribution in [1.29, 1.82) is 0 Å². The maximum Gasteiger partial charge on any atom is 0.0953 e. The predicted molar refractivity (Wildman–Crippen MR) is 69.9 cm³/mol. The lowest BCUT2D eigenvalue weighted by Crippen LogP contribution is -2.21. The van der Waals surface area contributed by atoms with Gasteiger partial charge in [0.25, 0.3) is 0 Å². The minimum Gasteiger partial charge on any atom is -0.330 e. The zero-order valence-electron chi connectivity index (χ0n) is 10.7. The number of rotatable bonds is 3. The van der Waals surface area contributed by atoms with Crippen molar-refractivity contribution in [3.63, 3.8) is 0 Å². The van der Waals surface area contributed by atoms with E-state index in [2.05, 4.69) is 14.6 Å². The van der Waals surface area contributed by atoms with Crippen LogP contribution in [0.1, 0.15) is 25.3 Å². The fraction of sp³-hybridized carbons (Fsp3) is 0.538. The Balaban J connectivity index is 1.96. The van der Waals surface area contributed by atoms with Crippen LogP contribution < -0.4 is 5.73 Å². The molecule has 1 aliphatic rings. The molecule has 0 spiro atoms. The van der Waals surface area contributed by atoms with Gasteiger partial charge in [0.15, 0.2) is 0 Å². The molecular formula is C13H19N5. The number of nitrogens with two attached hydrogens (primary N) is 1. The third-order valence-corrected chi connectivity index (χ3v) is 3.95. The fourth-order valence-corrected chi connectivity index (χ4v) is 3.00. The average Bonchev–Trinajstić information content (AvgIpc) is 3.06. The van der Waals surface area contributed by atoms with Crippen LogP contribution in [0.2, 0.25) is 0 Å². The number of hydrogen-bond donors (Lipinski definition) is 1. The van der Waals surface area contributed by atoms with Crippen LogP contribution in [0.15, 0.2) is 24.9 Å². The first-order chi connectivity index (χ1) is 8.79. The molecule has 2 aromatic heterocycles. The van der Waals surface area contributed by atoms with E-state index in [4.69, 9.17) is 5.73 Å². The second-order valence-electron chi connectivity index (χ2n) is 5.08. The molecule has 1 saturated carbocycles. The second-order valence-corrected chi connectivity index (χ2v) is 5.08. The number of nitrogens with zero attached hydrogens (tertiary/aromatic N) is 4. The van der Waals surface area contributed by atoms with Crippen molar-refractivity contribution in [1.82, 2.24) is 19.3 Å². The van der Waals surface area contributed by atoms with E-state index in [0.717, 1.165) is 17.8 Å². The van der Waals surface area contributed by atoms with E-state index in [1.165, 1.54) is 19.3 Å². The van der Waals surface area contributed by atoms with Gasteiger partial charge in [-0.15, -0.1) is 0 Å². The van der Waals surface area contributed by atoms with E-state index in [1.807, 2.05) is 36.6 Å². The number of imidazole rings is 1. The monoisotopic (exact) mass is 245 g/mol. The molecule has 3 rings (SSSR count). The van der Waals surface area contributed by atoms with Crippen LogP contribution in [0.5, 0.6) is 0 Å². The summed E-state index contributed by atoms with van der Waals surface area (Å²) in [5, 5.41) is 4.23. The zero-order chi connectivity index (χ0) is 12.5. The van der Waals surface area contributed by atoms with Crippen molar-refractivity contribution in [3.8, 4) is 11.3 Å². The molecule has 1 aliphatic carbocycles. The van der Waals surface area contributed by atoms with E-state index < -0.39 is 0 Å².